The van der Waals surface area contributed by atoms with Crippen LogP contribution in [-0.2, 0) is 11.2 Å². The van der Waals surface area contributed by atoms with E-state index in [2.05, 4.69) is 16.5 Å². The summed E-state index contributed by atoms with van der Waals surface area (Å²) < 4.78 is 1.88. The molecule has 4 nitrogen and oxygen atoms in total. The van der Waals surface area contributed by atoms with E-state index >= 15 is 0 Å². The van der Waals surface area contributed by atoms with Crippen LogP contribution in [0.4, 0.5) is 0 Å². The molecule has 1 aromatic carbocycles. The summed E-state index contributed by atoms with van der Waals surface area (Å²) >= 11 is 7.63. The van der Waals surface area contributed by atoms with Gasteiger partial charge in [0.05, 0.1) is 0 Å². The number of aryl methyl sites for hydroxylation is 1. The molecular weight excluding hydrogens is 342 g/mol. The number of amides is 1. The van der Waals surface area contributed by atoms with Gasteiger partial charge in [-0.2, -0.15) is 5.10 Å². The van der Waals surface area contributed by atoms with Gasteiger partial charge in [0.1, 0.15) is 6.04 Å². The minimum atomic E-state index is 0.0233. The molecule has 1 N–H and O–H groups in total. The Kier molecular flexibility index (Phi) is 5.67. The maximum Gasteiger partial charge on any atom is 0.220 e. The zero-order valence-corrected chi connectivity index (χ0v) is 14.6. The third-order valence-electron chi connectivity index (χ3n) is 3.74. The highest BCUT2D eigenvalue weighted by Crippen LogP contribution is 2.22. The van der Waals surface area contributed by atoms with Gasteiger partial charge in [-0.05, 0) is 41.6 Å². The number of benzene rings is 1. The molecule has 0 aliphatic carbocycles. The van der Waals surface area contributed by atoms with Crippen molar-refractivity contribution in [2.45, 2.75) is 18.9 Å². The van der Waals surface area contributed by atoms with Gasteiger partial charge in [-0.1, -0.05) is 29.8 Å². The zero-order chi connectivity index (χ0) is 16.8. The Morgan fingerprint density at radius 2 is 2.21 bits per heavy atom. The Bertz CT molecular complexity index is 737. The lowest BCUT2D eigenvalue weighted by atomic mass is 10.1. The standard InChI is InChI=1S/C18H18ClN3OS/c19-15-5-1-4-14(12-15)7-8-18(23)20-13-16(17-6-2-11-24-17)22-10-3-9-21-22/h1-6,9-12,16H,7-8,13H2,(H,20,23). The van der Waals surface area contributed by atoms with Crippen LogP contribution >= 0.6 is 22.9 Å². The van der Waals surface area contributed by atoms with Crippen LogP contribution in [0.5, 0.6) is 0 Å². The molecule has 24 heavy (non-hydrogen) atoms. The van der Waals surface area contributed by atoms with Gasteiger partial charge in [0.15, 0.2) is 0 Å². The number of carbonyl (C=O) groups is 1. The summed E-state index contributed by atoms with van der Waals surface area (Å²) in [4.78, 5) is 13.3. The fraction of sp³-hybridized carbons (Fsp3) is 0.222. The summed E-state index contributed by atoms with van der Waals surface area (Å²) in [5.41, 5.74) is 1.07. The lowest BCUT2D eigenvalue weighted by Gasteiger charge is -2.17. The van der Waals surface area contributed by atoms with Crippen LogP contribution in [0.2, 0.25) is 5.02 Å². The molecule has 1 amide bonds. The molecule has 124 valence electrons. The van der Waals surface area contributed by atoms with E-state index in [-0.39, 0.29) is 11.9 Å². The number of nitrogens with one attached hydrogen (secondary N) is 1. The number of hydrogen-bond acceptors (Lipinski definition) is 3. The van der Waals surface area contributed by atoms with E-state index in [0.717, 1.165) is 5.56 Å². The average Bonchev–Trinajstić information content (AvgIpc) is 3.27. The number of nitrogens with zero attached hydrogens (tertiary/aromatic N) is 2. The van der Waals surface area contributed by atoms with E-state index in [1.54, 1.807) is 17.5 Å². The van der Waals surface area contributed by atoms with Crippen molar-refractivity contribution in [1.82, 2.24) is 15.1 Å². The Hall–Kier alpha value is -2.11. The van der Waals surface area contributed by atoms with E-state index < -0.39 is 0 Å². The van der Waals surface area contributed by atoms with Crippen molar-refractivity contribution in [2.75, 3.05) is 6.54 Å². The summed E-state index contributed by atoms with van der Waals surface area (Å²) in [7, 11) is 0. The van der Waals surface area contributed by atoms with Gasteiger partial charge in [0.25, 0.3) is 0 Å². The summed E-state index contributed by atoms with van der Waals surface area (Å²) in [6.07, 6.45) is 4.79. The van der Waals surface area contributed by atoms with E-state index in [9.17, 15) is 4.79 Å². The summed E-state index contributed by atoms with van der Waals surface area (Å²) in [5.74, 6) is 0.0312. The third-order valence-corrected chi connectivity index (χ3v) is 4.95. The lowest BCUT2D eigenvalue weighted by Crippen LogP contribution is -2.31. The van der Waals surface area contributed by atoms with Gasteiger partial charge in [-0.15, -0.1) is 11.3 Å². The Morgan fingerprint density at radius 3 is 2.92 bits per heavy atom. The second-order valence-electron chi connectivity index (χ2n) is 5.45. The van der Waals surface area contributed by atoms with Crippen molar-refractivity contribution in [3.8, 4) is 0 Å². The van der Waals surface area contributed by atoms with Crippen LogP contribution in [0.15, 0.2) is 60.2 Å². The molecule has 0 aliphatic heterocycles. The maximum atomic E-state index is 12.2. The molecule has 1 unspecified atom stereocenters. The first-order valence-corrected chi connectivity index (χ1v) is 9.02. The molecule has 0 saturated carbocycles. The van der Waals surface area contributed by atoms with Crippen molar-refractivity contribution in [1.29, 1.82) is 0 Å². The lowest BCUT2D eigenvalue weighted by molar-refractivity contribution is -0.121. The van der Waals surface area contributed by atoms with Crippen molar-refractivity contribution in [2.24, 2.45) is 0 Å². The highest BCUT2D eigenvalue weighted by Gasteiger charge is 2.16. The molecule has 6 heteroatoms. The monoisotopic (exact) mass is 359 g/mol. The van der Waals surface area contributed by atoms with Gasteiger partial charge in [0, 0.05) is 35.3 Å². The van der Waals surface area contributed by atoms with Gasteiger partial charge >= 0.3 is 0 Å². The smallest absolute Gasteiger partial charge is 0.220 e. The summed E-state index contributed by atoms with van der Waals surface area (Å²) in [5, 5.41) is 10.1. The molecule has 0 spiro atoms. The molecule has 3 aromatic rings. The number of halogens is 1. The summed E-state index contributed by atoms with van der Waals surface area (Å²) in [6.45, 7) is 0.524. The second kappa shape index (κ2) is 8.13. The minimum absolute atomic E-state index is 0.0233. The first kappa shape index (κ1) is 16.7. The Balaban J connectivity index is 1.56. The number of thiophene rings is 1. The van der Waals surface area contributed by atoms with Crippen molar-refractivity contribution in [3.05, 3.63) is 75.7 Å². The minimum Gasteiger partial charge on any atom is -0.354 e. The molecule has 3 rings (SSSR count). The Labute approximate surface area is 150 Å². The van der Waals surface area contributed by atoms with Gasteiger partial charge in [0.2, 0.25) is 5.91 Å². The first-order chi connectivity index (χ1) is 11.7. The van der Waals surface area contributed by atoms with Crippen LogP contribution in [-0.4, -0.2) is 22.2 Å². The first-order valence-electron chi connectivity index (χ1n) is 7.76. The van der Waals surface area contributed by atoms with E-state index in [0.29, 0.717) is 24.4 Å². The molecule has 0 radical (unpaired) electrons. The molecule has 2 aromatic heterocycles. The molecule has 0 fully saturated rings. The molecule has 0 saturated heterocycles. The predicted octanol–water partition coefficient (Wildman–Crippen LogP) is 3.94. The number of hydrogen-bond donors (Lipinski definition) is 1. The predicted molar refractivity (Wildman–Crippen MR) is 97.5 cm³/mol. The maximum absolute atomic E-state index is 12.2. The highest BCUT2D eigenvalue weighted by molar-refractivity contribution is 7.10. The van der Waals surface area contributed by atoms with E-state index in [4.69, 9.17) is 11.6 Å². The van der Waals surface area contributed by atoms with Crippen LogP contribution in [0.25, 0.3) is 0 Å². The van der Waals surface area contributed by atoms with Gasteiger partial charge < -0.3 is 5.32 Å². The fourth-order valence-corrected chi connectivity index (χ4v) is 3.55. The normalized spacial score (nSPS) is 12.0. The molecule has 2 heterocycles. The average molecular weight is 360 g/mol. The second-order valence-corrected chi connectivity index (χ2v) is 6.87. The fourth-order valence-electron chi connectivity index (χ4n) is 2.52. The largest absolute Gasteiger partial charge is 0.354 e. The Morgan fingerprint density at radius 1 is 1.29 bits per heavy atom. The molecule has 0 bridgehead atoms. The zero-order valence-electron chi connectivity index (χ0n) is 13.1. The SMILES string of the molecule is O=C(CCc1cccc(Cl)c1)NCC(c1cccs1)n1cccn1. The third kappa shape index (κ3) is 4.46. The van der Waals surface area contributed by atoms with Crippen molar-refractivity contribution < 1.29 is 4.79 Å². The van der Waals surface area contributed by atoms with Crippen LogP contribution in [0, 0.1) is 0 Å². The number of aromatic nitrogens is 2. The van der Waals surface area contributed by atoms with Gasteiger partial charge in [-0.3, -0.25) is 9.48 Å². The van der Waals surface area contributed by atoms with Crippen molar-refractivity contribution in [3.63, 3.8) is 0 Å². The summed E-state index contributed by atoms with van der Waals surface area (Å²) in [6, 6.07) is 13.6. The molecule has 1 atom stereocenters. The number of carbonyl (C=O) groups excluding carboxylic acids is 1. The quantitative estimate of drug-likeness (QED) is 0.694. The topological polar surface area (TPSA) is 46.9 Å². The van der Waals surface area contributed by atoms with Crippen molar-refractivity contribution >= 4 is 28.8 Å². The molecule has 0 aliphatic rings. The highest BCUT2D eigenvalue weighted by atomic mass is 35.5. The van der Waals surface area contributed by atoms with E-state index in [1.807, 2.05) is 52.7 Å². The molecular formula is C18H18ClN3OS. The van der Waals surface area contributed by atoms with Crippen LogP contribution in [0.3, 0.4) is 0 Å². The number of rotatable bonds is 7. The van der Waals surface area contributed by atoms with Crippen LogP contribution in [0.1, 0.15) is 22.9 Å². The van der Waals surface area contributed by atoms with Crippen LogP contribution < -0.4 is 5.32 Å². The van der Waals surface area contributed by atoms with Gasteiger partial charge in [-0.25, -0.2) is 0 Å². The van der Waals surface area contributed by atoms with E-state index in [1.165, 1.54) is 4.88 Å².